The number of carbonyl (C=O) groups excluding carboxylic acids is 1. The van der Waals surface area contributed by atoms with Crippen LogP contribution in [0.4, 0.5) is 5.69 Å². The molecule has 1 heterocycles. The van der Waals surface area contributed by atoms with E-state index in [0.717, 1.165) is 29.2 Å². The number of methoxy groups -OCH3 is 2. The van der Waals surface area contributed by atoms with Crippen molar-refractivity contribution in [3.05, 3.63) is 77.7 Å². The van der Waals surface area contributed by atoms with E-state index in [9.17, 15) is 4.79 Å². The number of nitrogens with one attached hydrogen (secondary N) is 3. The average molecular weight is 437 g/mol. The van der Waals surface area contributed by atoms with Crippen molar-refractivity contribution in [3.63, 3.8) is 0 Å². The number of guanidine groups is 1. The van der Waals surface area contributed by atoms with Crippen LogP contribution in [0.15, 0.2) is 70.3 Å². The molecule has 0 spiro atoms. The van der Waals surface area contributed by atoms with Gasteiger partial charge in [-0.25, -0.2) is 4.99 Å². The monoisotopic (exact) mass is 436 g/mol. The molecule has 168 valence electrons. The van der Waals surface area contributed by atoms with Gasteiger partial charge in [0.15, 0.2) is 11.7 Å². The highest BCUT2D eigenvalue weighted by Gasteiger charge is 2.09. The number of nitrogens with zero attached hydrogens (tertiary/aromatic N) is 1. The van der Waals surface area contributed by atoms with Crippen LogP contribution in [0.1, 0.15) is 28.6 Å². The maximum Gasteiger partial charge on any atom is 0.291 e. The summed E-state index contributed by atoms with van der Waals surface area (Å²) in [6, 6.07) is 16.6. The minimum atomic E-state index is -0.293. The minimum absolute atomic E-state index is 0.265. The van der Waals surface area contributed by atoms with Crippen molar-refractivity contribution in [2.45, 2.75) is 20.0 Å². The molecule has 0 aliphatic carbocycles. The molecule has 0 radical (unpaired) electrons. The molecule has 0 bridgehead atoms. The lowest BCUT2D eigenvalue weighted by Gasteiger charge is -2.14. The van der Waals surface area contributed by atoms with E-state index >= 15 is 0 Å². The second-order valence-corrected chi connectivity index (χ2v) is 6.86. The van der Waals surface area contributed by atoms with E-state index in [1.165, 1.54) is 6.26 Å². The predicted octanol–water partition coefficient (Wildman–Crippen LogP) is 3.80. The summed E-state index contributed by atoms with van der Waals surface area (Å²) in [7, 11) is 3.26. The van der Waals surface area contributed by atoms with E-state index in [0.29, 0.717) is 24.7 Å². The van der Waals surface area contributed by atoms with Crippen LogP contribution in [0, 0.1) is 0 Å². The Kier molecular flexibility index (Phi) is 8.14. The predicted molar refractivity (Wildman–Crippen MR) is 124 cm³/mol. The molecule has 8 nitrogen and oxygen atoms in total. The number of rotatable bonds is 9. The normalized spacial score (nSPS) is 11.0. The van der Waals surface area contributed by atoms with E-state index < -0.39 is 0 Å². The van der Waals surface area contributed by atoms with E-state index in [1.54, 1.807) is 26.4 Å². The Morgan fingerprint density at radius 2 is 1.91 bits per heavy atom. The molecule has 0 aliphatic rings. The Hall–Kier alpha value is -3.94. The van der Waals surface area contributed by atoms with E-state index in [-0.39, 0.29) is 11.7 Å². The van der Waals surface area contributed by atoms with Gasteiger partial charge >= 0.3 is 0 Å². The van der Waals surface area contributed by atoms with Crippen molar-refractivity contribution in [2.24, 2.45) is 4.99 Å². The van der Waals surface area contributed by atoms with Crippen molar-refractivity contribution in [3.8, 4) is 11.5 Å². The SMILES string of the molecule is CCNC(=NCc1cccc(NC(=O)c2ccco2)c1)NCc1ccc(OC)cc1OC. The van der Waals surface area contributed by atoms with Crippen molar-refractivity contribution in [1.82, 2.24) is 10.6 Å². The Bertz CT molecular complexity index is 1050. The molecule has 1 aromatic heterocycles. The van der Waals surface area contributed by atoms with Crippen LogP contribution in [0.3, 0.4) is 0 Å². The first-order valence-corrected chi connectivity index (χ1v) is 10.3. The van der Waals surface area contributed by atoms with Gasteiger partial charge in [0.25, 0.3) is 5.91 Å². The molecule has 0 fully saturated rings. The highest BCUT2D eigenvalue weighted by Crippen LogP contribution is 2.24. The molecule has 0 aliphatic heterocycles. The summed E-state index contributed by atoms with van der Waals surface area (Å²) in [5.41, 5.74) is 2.63. The minimum Gasteiger partial charge on any atom is -0.497 e. The summed E-state index contributed by atoms with van der Waals surface area (Å²) in [5, 5.41) is 9.39. The molecule has 2 aromatic carbocycles. The fourth-order valence-electron chi connectivity index (χ4n) is 3.04. The highest BCUT2D eigenvalue weighted by molar-refractivity contribution is 6.02. The van der Waals surface area contributed by atoms with Crippen molar-refractivity contribution >= 4 is 17.6 Å². The standard InChI is InChI=1S/C24H28N4O4/c1-4-25-24(27-16-18-10-11-20(30-2)14-22(18)31-3)26-15-17-7-5-8-19(13-17)28-23(29)21-9-6-12-32-21/h5-14H,4,15-16H2,1-3H3,(H,28,29)(H2,25,26,27). The maximum absolute atomic E-state index is 12.2. The average Bonchev–Trinajstić information content (AvgIpc) is 3.36. The second kappa shape index (κ2) is 11.5. The summed E-state index contributed by atoms with van der Waals surface area (Å²) in [4.78, 5) is 16.8. The molecule has 3 N–H and O–H groups in total. The molecule has 3 aromatic rings. The molecule has 3 rings (SSSR count). The van der Waals surface area contributed by atoms with Crippen LogP contribution < -0.4 is 25.4 Å². The molecule has 32 heavy (non-hydrogen) atoms. The van der Waals surface area contributed by atoms with Gasteiger partial charge < -0.3 is 29.8 Å². The van der Waals surface area contributed by atoms with Gasteiger partial charge in [0.1, 0.15) is 11.5 Å². The lowest BCUT2D eigenvalue weighted by molar-refractivity contribution is 0.0996. The fraction of sp³-hybridized carbons (Fsp3) is 0.250. The highest BCUT2D eigenvalue weighted by atomic mass is 16.5. The number of hydrogen-bond donors (Lipinski definition) is 3. The molecular formula is C24H28N4O4. The largest absolute Gasteiger partial charge is 0.497 e. The van der Waals surface area contributed by atoms with Gasteiger partial charge in [-0.3, -0.25) is 4.79 Å². The van der Waals surface area contributed by atoms with E-state index in [1.807, 2.05) is 49.4 Å². The number of hydrogen-bond acceptors (Lipinski definition) is 5. The number of anilines is 1. The first-order chi connectivity index (χ1) is 15.6. The summed E-state index contributed by atoms with van der Waals surface area (Å²) in [6.45, 7) is 3.72. The number of ether oxygens (including phenoxy) is 2. The van der Waals surface area contributed by atoms with Crippen LogP contribution >= 0.6 is 0 Å². The molecule has 8 heteroatoms. The van der Waals surface area contributed by atoms with Gasteiger partial charge in [0.2, 0.25) is 0 Å². The third-order valence-corrected chi connectivity index (χ3v) is 4.63. The smallest absolute Gasteiger partial charge is 0.291 e. The number of carbonyl (C=O) groups is 1. The zero-order valence-electron chi connectivity index (χ0n) is 18.5. The second-order valence-electron chi connectivity index (χ2n) is 6.86. The van der Waals surface area contributed by atoms with Crippen LogP contribution in [0.5, 0.6) is 11.5 Å². The third-order valence-electron chi connectivity index (χ3n) is 4.63. The van der Waals surface area contributed by atoms with Gasteiger partial charge in [-0.05, 0) is 48.9 Å². The van der Waals surface area contributed by atoms with Gasteiger partial charge in [-0.1, -0.05) is 12.1 Å². The van der Waals surface area contributed by atoms with Gasteiger partial charge in [0, 0.05) is 30.4 Å². The van der Waals surface area contributed by atoms with Gasteiger partial charge in [0.05, 0.1) is 27.0 Å². The Morgan fingerprint density at radius 3 is 2.62 bits per heavy atom. The maximum atomic E-state index is 12.2. The van der Waals surface area contributed by atoms with Crippen molar-refractivity contribution < 1.29 is 18.7 Å². The van der Waals surface area contributed by atoms with Crippen LogP contribution in [-0.4, -0.2) is 32.6 Å². The number of furan rings is 1. The zero-order chi connectivity index (χ0) is 22.8. The first-order valence-electron chi connectivity index (χ1n) is 10.3. The van der Waals surface area contributed by atoms with Crippen LogP contribution in [-0.2, 0) is 13.1 Å². The van der Waals surface area contributed by atoms with Crippen molar-refractivity contribution in [2.75, 3.05) is 26.1 Å². The van der Waals surface area contributed by atoms with Gasteiger partial charge in [-0.2, -0.15) is 0 Å². The molecule has 0 saturated heterocycles. The third kappa shape index (κ3) is 6.28. The van der Waals surface area contributed by atoms with Gasteiger partial charge in [-0.15, -0.1) is 0 Å². The Labute approximate surface area is 187 Å². The quantitative estimate of drug-likeness (QED) is 0.349. The molecule has 0 atom stereocenters. The van der Waals surface area contributed by atoms with E-state index in [4.69, 9.17) is 13.9 Å². The fourth-order valence-corrected chi connectivity index (χ4v) is 3.04. The summed E-state index contributed by atoms with van der Waals surface area (Å²) in [5.74, 6) is 2.13. The molecule has 0 saturated carbocycles. The summed E-state index contributed by atoms with van der Waals surface area (Å²) < 4.78 is 15.8. The van der Waals surface area contributed by atoms with Crippen LogP contribution in [0.2, 0.25) is 0 Å². The summed E-state index contributed by atoms with van der Waals surface area (Å²) in [6.07, 6.45) is 1.47. The van der Waals surface area contributed by atoms with E-state index in [2.05, 4.69) is 20.9 Å². The van der Waals surface area contributed by atoms with Crippen molar-refractivity contribution in [1.29, 1.82) is 0 Å². The molecular weight excluding hydrogens is 408 g/mol. The zero-order valence-corrected chi connectivity index (χ0v) is 18.5. The summed E-state index contributed by atoms with van der Waals surface area (Å²) >= 11 is 0. The molecule has 1 amide bonds. The number of aliphatic imine (C=N–C) groups is 1. The number of benzene rings is 2. The number of amides is 1. The lowest BCUT2D eigenvalue weighted by atomic mass is 10.2. The topological polar surface area (TPSA) is 97.1 Å². The molecule has 0 unspecified atom stereocenters. The Morgan fingerprint density at radius 1 is 1.03 bits per heavy atom. The lowest BCUT2D eigenvalue weighted by Crippen LogP contribution is -2.36. The first kappa shape index (κ1) is 22.7. The van der Waals surface area contributed by atoms with Crippen LogP contribution in [0.25, 0.3) is 0 Å². The Balaban J connectivity index is 1.64.